The molecule has 140 valence electrons. The fraction of sp³-hybridized carbons (Fsp3) is 0.188. The number of primary sulfonamides is 1. The lowest BCUT2D eigenvalue weighted by atomic mass is 10.1. The predicted molar refractivity (Wildman–Crippen MR) is 87.0 cm³/mol. The number of sulfonamides is 1. The molecule has 0 bridgehead atoms. The number of benzene rings is 2. The zero-order valence-electron chi connectivity index (χ0n) is 13.5. The van der Waals surface area contributed by atoms with E-state index in [2.05, 4.69) is 5.32 Å². The molecule has 26 heavy (non-hydrogen) atoms. The highest BCUT2D eigenvalue weighted by atomic mass is 32.2. The van der Waals surface area contributed by atoms with Gasteiger partial charge in [0.05, 0.1) is 23.1 Å². The SMILES string of the molecule is COc1ccc(S(N)(=O)=O)cc1C(=O)NCc1ccc(C(F)(F)F)cc1. The molecule has 0 aliphatic carbocycles. The molecule has 2 rings (SSSR count). The van der Waals surface area contributed by atoms with Crippen molar-refractivity contribution >= 4 is 15.9 Å². The number of alkyl halides is 3. The van der Waals surface area contributed by atoms with Crippen LogP contribution >= 0.6 is 0 Å². The van der Waals surface area contributed by atoms with Gasteiger partial charge in [0, 0.05) is 6.54 Å². The number of hydrogen-bond acceptors (Lipinski definition) is 4. The van der Waals surface area contributed by atoms with Crippen molar-refractivity contribution in [1.29, 1.82) is 0 Å². The van der Waals surface area contributed by atoms with E-state index in [1.54, 1.807) is 0 Å². The van der Waals surface area contributed by atoms with Crippen molar-refractivity contribution in [2.24, 2.45) is 5.14 Å². The van der Waals surface area contributed by atoms with E-state index >= 15 is 0 Å². The van der Waals surface area contributed by atoms with Crippen LogP contribution in [0.1, 0.15) is 21.5 Å². The summed E-state index contributed by atoms with van der Waals surface area (Å²) in [5.41, 5.74) is -0.422. The molecule has 0 spiro atoms. The van der Waals surface area contributed by atoms with Crippen molar-refractivity contribution in [1.82, 2.24) is 5.32 Å². The molecule has 0 aliphatic heterocycles. The van der Waals surface area contributed by atoms with E-state index in [0.29, 0.717) is 5.56 Å². The molecule has 2 aromatic carbocycles. The van der Waals surface area contributed by atoms with E-state index in [1.807, 2.05) is 0 Å². The van der Waals surface area contributed by atoms with Crippen molar-refractivity contribution < 1.29 is 31.1 Å². The summed E-state index contributed by atoms with van der Waals surface area (Å²) in [4.78, 5) is 12.0. The molecule has 0 saturated carbocycles. The molecular weight excluding hydrogens is 373 g/mol. The second kappa shape index (κ2) is 7.34. The number of carbonyl (C=O) groups excluding carboxylic acids is 1. The summed E-state index contributed by atoms with van der Waals surface area (Å²) in [5.74, 6) is -0.533. The average Bonchev–Trinajstić information content (AvgIpc) is 2.57. The number of carbonyl (C=O) groups is 1. The van der Waals surface area contributed by atoms with Gasteiger partial charge in [-0.15, -0.1) is 0 Å². The Hall–Kier alpha value is -2.59. The van der Waals surface area contributed by atoms with Crippen LogP contribution in [0.15, 0.2) is 47.4 Å². The van der Waals surface area contributed by atoms with Gasteiger partial charge in [0.25, 0.3) is 5.91 Å². The van der Waals surface area contributed by atoms with E-state index in [9.17, 15) is 26.4 Å². The normalized spacial score (nSPS) is 11.9. The van der Waals surface area contributed by atoms with Crippen molar-refractivity contribution in [2.75, 3.05) is 7.11 Å². The third kappa shape index (κ3) is 4.73. The summed E-state index contributed by atoms with van der Waals surface area (Å²) in [6, 6.07) is 7.83. The molecule has 0 unspecified atom stereocenters. The van der Waals surface area contributed by atoms with E-state index in [4.69, 9.17) is 9.88 Å². The van der Waals surface area contributed by atoms with Crippen LogP contribution in [0, 0.1) is 0 Å². The van der Waals surface area contributed by atoms with Gasteiger partial charge in [-0.05, 0) is 35.9 Å². The van der Waals surface area contributed by atoms with Crippen molar-refractivity contribution in [3.8, 4) is 5.75 Å². The molecular formula is C16H15F3N2O4S. The van der Waals surface area contributed by atoms with Gasteiger partial charge in [-0.3, -0.25) is 4.79 Å². The number of halogens is 3. The Bertz CT molecular complexity index is 910. The second-order valence-corrected chi connectivity index (χ2v) is 6.85. The highest BCUT2D eigenvalue weighted by Crippen LogP contribution is 2.29. The van der Waals surface area contributed by atoms with Crippen LogP contribution in [0.2, 0.25) is 0 Å². The molecule has 0 radical (unpaired) electrons. The van der Waals surface area contributed by atoms with Crippen molar-refractivity contribution in [3.05, 3.63) is 59.2 Å². The Kier molecular flexibility index (Phi) is 5.57. The molecule has 3 N–H and O–H groups in total. The van der Waals surface area contributed by atoms with Crippen LogP contribution in [0.25, 0.3) is 0 Å². The number of ether oxygens (including phenoxy) is 1. The fourth-order valence-electron chi connectivity index (χ4n) is 2.13. The maximum atomic E-state index is 12.5. The summed E-state index contributed by atoms with van der Waals surface area (Å²) in [5, 5.41) is 7.53. The monoisotopic (exact) mass is 388 g/mol. The van der Waals surface area contributed by atoms with Gasteiger partial charge in [-0.2, -0.15) is 13.2 Å². The first kappa shape index (κ1) is 19.7. The zero-order valence-corrected chi connectivity index (χ0v) is 14.3. The van der Waals surface area contributed by atoms with Gasteiger partial charge in [-0.1, -0.05) is 12.1 Å². The van der Waals surface area contributed by atoms with Gasteiger partial charge in [0.2, 0.25) is 10.0 Å². The first-order valence-corrected chi connectivity index (χ1v) is 8.72. The average molecular weight is 388 g/mol. The molecule has 0 aromatic heterocycles. The summed E-state index contributed by atoms with van der Waals surface area (Å²) in [6.45, 7) is -0.0558. The van der Waals surface area contributed by atoms with Gasteiger partial charge >= 0.3 is 6.18 Å². The summed E-state index contributed by atoms with van der Waals surface area (Å²) < 4.78 is 65.4. The number of methoxy groups -OCH3 is 1. The summed E-state index contributed by atoms with van der Waals surface area (Å²) in [7, 11) is -2.71. The minimum Gasteiger partial charge on any atom is -0.496 e. The Morgan fingerprint density at radius 1 is 1.15 bits per heavy atom. The minimum absolute atomic E-state index is 0.0558. The molecule has 0 aliphatic rings. The Morgan fingerprint density at radius 2 is 1.77 bits per heavy atom. The van der Waals surface area contributed by atoms with Crippen molar-refractivity contribution in [2.45, 2.75) is 17.6 Å². The third-order valence-electron chi connectivity index (χ3n) is 3.48. The Balaban J connectivity index is 2.17. The van der Waals surface area contributed by atoms with E-state index in [1.165, 1.54) is 31.4 Å². The second-order valence-electron chi connectivity index (χ2n) is 5.28. The van der Waals surface area contributed by atoms with Crippen LogP contribution in [0.5, 0.6) is 5.75 Å². The predicted octanol–water partition coefficient (Wildman–Crippen LogP) is 2.29. The molecule has 0 atom stereocenters. The van der Waals surface area contributed by atoms with Crippen LogP contribution in [-0.2, 0) is 22.7 Å². The van der Waals surface area contributed by atoms with Crippen LogP contribution in [0.3, 0.4) is 0 Å². The Labute approximate surface area is 147 Å². The van der Waals surface area contributed by atoms with Crippen molar-refractivity contribution in [3.63, 3.8) is 0 Å². The highest BCUT2D eigenvalue weighted by Gasteiger charge is 2.29. The largest absolute Gasteiger partial charge is 0.496 e. The molecule has 6 nitrogen and oxygen atoms in total. The number of nitrogens with two attached hydrogens (primary N) is 1. The minimum atomic E-state index is -4.44. The van der Waals surface area contributed by atoms with E-state index in [0.717, 1.165) is 18.2 Å². The molecule has 10 heteroatoms. The van der Waals surface area contributed by atoms with Gasteiger partial charge in [0.1, 0.15) is 5.75 Å². The maximum absolute atomic E-state index is 12.5. The third-order valence-corrected chi connectivity index (χ3v) is 4.39. The quantitative estimate of drug-likeness (QED) is 0.821. The number of hydrogen-bond donors (Lipinski definition) is 2. The standard InChI is InChI=1S/C16H15F3N2O4S/c1-25-14-7-6-12(26(20,23)24)8-13(14)15(22)21-9-10-2-4-11(5-3-10)16(17,18)19/h2-8H,9H2,1H3,(H,21,22)(H2,20,23,24). The number of amides is 1. The maximum Gasteiger partial charge on any atom is 0.416 e. The summed E-state index contributed by atoms with van der Waals surface area (Å²) in [6.07, 6.45) is -4.44. The molecule has 0 fully saturated rings. The van der Waals surface area contributed by atoms with Crippen LogP contribution < -0.4 is 15.2 Å². The van der Waals surface area contributed by atoms with E-state index in [-0.39, 0.29) is 22.8 Å². The Morgan fingerprint density at radius 3 is 2.27 bits per heavy atom. The lowest BCUT2D eigenvalue weighted by molar-refractivity contribution is -0.137. The highest BCUT2D eigenvalue weighted by molar-refractivity contribution is 7.89. The zero-order chi connectivity index (χ0) is 19.5. The molecule has 0 saturated heterocycles. The molecule has 2 aromatic rings. The molecule has 1 amide bonds. The topological polar surface area (TPSA) is 98.5 Å². The number of nitrogens with one attached hydrogen (secondary N) is 1. The first-order chi connectivity index (χ1) is 12.0. The lowest BCUT2D eigenvalue weighted by Gasteiger charge is -2.11. The molecule has 0 heterocycles. The summed E-state index contributed by atoms with van der Waals surface area (Å²) >= 11 is 0. The smallest absolute Gasteiger partial charge is 0.416 e. The van der Waals surface area contributed by atoms with Crippen LogP contribution in [0.4, 0.5) is 13.2 Å². The van der Waals surface area contributed by atoms with Gasteiger partial charge in [-0.25, -0.2) is 13.6 Å². The van der Waals surface area contributed by atoms with Crippen LogP contribution in [-0.4, -0.2) is 21.4 Å². The lowest BCUT2D eigenvalue weighted by Crippen LogP contribution is -2.24. The van der Waals surface area contributed by atoms with Gasteiger partial charge in [0.15, 0.2) is 0 Å². The van der Waals surface area contributed by atoms with Gasteiger partial charge < -0.3 is 10.1 Å². The van der Waals surface area contributed by atoms with E-state index < -0.39 is 27.7 Å². The number of rotatable bonds is 5. The first-order valence-electron chi connectivity index (χ1n) is 7.17. The fourth-order valence-corrected chi connectivity index (χ4v) is 2.67.